The van der Waals surface area contributed by atoms with Crippen LogP contribution < -0.4 is 15.9 Å². The predicted molar refractivity (Wildman–Crippen MR) is 88.1 cm³/mol. The zero-order chi connectivity index (χ0) is 18.7. The Kier molecular flexibility index (Phi) is 4.47. The molecule has 0 fully saturated rings. The summed E-state index contributed by atoms with van der Waals surface area (Å²) in [6.07, 6.45) is 1.39. The Morgan fingerprint density at radius 3 is 2.96 bits per heavy atom. The Bertz CT molecular complexity index is 977. The van der Waals surface area contributed by atoms with Gasteiger partial charge in [-0.15, -0.1) is 5.10 Å². The average Bonchev–Trinajstić information content (AvgIpc) is 3.21. The molecule has 2 aromatic heterocycles. The second-order valence-corrected chi connectivity index (χ2v) is 5.04. The van der Waals surface area contributed by atoms with E-state index in [1.807, 2.05) is 0 Å². The summed E-state index contributed by atoms with van der Waals surface area (Å²) in [5.41, 5.74) is 8.96. The molecule has 0 saturated carbocycles. The molecule has 12 nitrogen and oxygen atoms in total. The molecule has 0 bridgehead atoms. The largest absolute Gasteiger partial charge is 0.504 e. The van der Waals surface area contributed by atoms with E-state index in [4.69, 9.17) is 10.5 Å². The van der Waals surface area contributed by atoms with E-state index in [9.17, 15) is 9.90 Å². The van der Waals surface area contributed by atoms with Crippen LogP contribution in [0.5, 0.6) is 11.5 Å². The van der Waals surface area contributed by atoms with Crippen molar-refractivity contribution in [1.29, 1.82) is 0 Å². The van der Waals surface area contributed by atoms with Crippen LogP contribution in [0.4, 0.5) is 5.82 Å². The summed E-state index contributed by atoms with van der Waals surface area (Å²) in [6.45, 7) is 1.61. The third-order valence-corrected chi connectivity index (χ3v) is 3.39. The maximum atomic E-state index is 12.2. The predicted octanol–water partition coefficient (Wildman–Crippen LogP) is 0.0190. The topological polar surface area (TPSA) is 167 Å². The summed E-state index contributed by atoms with van der Waals surface area (Å²) < 4.78 is 10.7. The molecule has 134 valence electrons. The van der Waals surface area contributed by atoms with Gasteiger partial charge in [-0.05, 0) is 41.0 Å². The van der Waals surface area contributed by atoms with E-state index in [1.165, 1.54) is 24.1 Å². The van der Waals surface area contributed by atoms with Crippen molar-refractivity contribution in [1.82, 2.24) is 30.7 Å². The third-order valence-electron chi connectivity index (χ3n) is 3.39. The number of amides is 1. The van der Waals surface area contributed by atoms with Crippen molar-refractivity contribution in [2.75, 3.05) is 12.8 Å². The van der Waals surface area contributed by atoms with Crippen LogP contribution in [0.25, 0.3) is 5.82 Å². The molecular weight excluding hydrogens is 344 g/mol. The van der Waals surface area contributed by atoms with Crippen LogP contribution in [0, 0.1) is 6.92 Å². The maximum Gasteiger partial charge on any atom is 0.293 e. The van der Waals surface area contributed by atoms with E-state index in [2.05, 4.69) is 35.8 Å². The summed E-state index contributed by atoms with van der Waals surface area (Å²) in [7, 11) is 1.43. The molecule has 0 aliphatic heterocycles. The van der Waals surface area contributed by atoms with E-state index in [0.29, 0.717) is 11.3 Å². The van der Waals surface area contributed by atoms with Crippen LogP contribution in [0.1, 0.15) is 21.7 Å². The molecule has 0 spiro atoms. The van der Waals surface area contributed by atoms with Crippen LogP contribution >= 0.6 is 0 Å². The summed E-state index contributed by atoms with van der Waals surface area (Å²) in [5.74, 6) is -0.135. The number of benzene rings is 1. The first-order chi connectivity index (χ1) is 12.5. The average molecular weight is 358 g/mol. The first-order valence-electron chi connectivity index (χ1n) is 7.22. The molecule has 0 aliphatic rings. The number of aromatic nitrogens is 5. The van der Waals surface area contributed by atoms with E-state index in [1.54, 1.807) is 19.1 Å². The number of hydrazone groups is 1. The van der Waals surface area contributed by atoms with E-state index >= 15 is 0 Å². The molecule has 1 aromatic carbocycles. The van der Waals surface area contributed by atoms with Crippen molar-refractivity contribution >= 4 is 17.9 Å². The quantitative estimate of drug-likeness (QED) is 0.420. The Labute approximate surface area is 146 Å². The summed E-state index contributed by atoms with van der Waals surface area (Å²) in [6, 6.07) is 4.62. The first-order valence-corrected chi connectivity index (χ1v) is 7.22. The monoisotopic (exact) mass is 358 g/mol. The summed E-state index contributed by atoms with van der Waals surface area (Å²) >= 11 is 0. The number of hydrogen-bond acceptors (Lipinski definition) is 10. The number of ether oxygens (including phenoxy) is 1. The van der Waals surface area contributed by atoms with Gasteiger partial charge in [0.15, 0.2) is 17.2 Å². The molecule has 0 unspecified atom stereocenters. The fourth-order valence-corrected chi connectivity index (χ4v) is 2.07. The number of methoxy groups -OCH3 is 1. The number of nitrogens with zero attached hydrogens (tertiary/aromatic N) is 6. The van der Waals surface area contributed by atoms with Crippen LogP contribution in [0.3, 0.4) is 0 Å². The van der Waals surface area contributed by atoms with Gasteiger partial charge in [-0.1, -0.05) is 5.21 Å². The SMILES string of the molecule is COc1cc(/C=N/NC(=O)c2nnn(-c3nonc3N)c2C)ccc1O. The number of aromatic hydroxyl groups is 1. The standard InChI is InChI=1S/C14H14N8O4/c1-7-11(17-21-22(7)13-12(15)19-26-20-13)14(24)18-16-6-8-3-4-9(23)10(5-8)25-2/h3-6,23H,1-2H3,(H2,15,19)(H,18,24)/b16-6+. The van der Waals surface area contributed by atoms with Gasteiger partial charge in [0.05, 0.1) is 19.0 Å². The van der Waals surface area contributed by atoms with Crippen LogP contribution in [-0.4, -0.2) is 49.6 Å². The second kappa shape index (κ2) is 6.88. The number of nitrogen functional groups attached to an aromatic ring is 1. The number of anilines is 1. The molecule has 4 N–H and O–H groups in total. The molecule has 1 amide bonds. The molecule has 2 heterocycles. The van der Waals surface area contributed by atoms with E-state index in [0.717, 1.165) is 0 Å². The normalized spacial score (nSPS) is 11.0. The van der Waals surface area contributed by atoms with Gasteiger partial charge < -0.3 is 15.6 Å². The minimum atomic E-state index is -0.578. The lowest BCUT2D eigenvalue weighted by Gasteiger charge is -2.03. The molecule has 0 atom stereocenters. The number of rotatable bonds is 5. The lowest BCUT2D eigenvalue weighted by atomic mass is 10.2. The number of carbonyl (C=O) groups excluding carboxylic acids is 1. The number of hydrogen-bond donors (Lipinski definition) is 3. The minimum Gasteiger partial charge on any atom is -0.504 e. The fourth-order valence-electron chi connectivity index (χ4n) is 2.07. The number of nitrogens with one attached hydrogen (secondary N) is 1. The van der Waals surface area contributed by atoms with Gasteiger partial charge in [-0.2, -0.15) is 9.78 Å². The zero-order valence-electron chi connectivity index (χ0n) is 13.7. The van der Waals surface area contributed by atoms with E-state index < -0.39 is 5.91 Å². The smallest absolute Gasteiger partial charge is 0.293 e. The Hall–Kier alpha value is -3.96. The minimum absolute atomic E-state index is 0.00236. The van der Waals surface area contributed by atoms with Gasteiger partial charge in [0.2, 0.25) is 11.6 Å². The molecular formula is C14H14N8O4. The van der Waals surface area contributed by atoms with Crippen LogP contribution in [0.2, 0.25) is 0 Å². The highest BCUT2D eigenvalue weighted by atomic mass is 16.6. The zero-order valence-corrected chi connectivity index (χ0v) is 13.7. The molecule has 12 heteroatoms. The number of carbonyl (C=O) groups is 1. The molecule has 0 aliphatic carbocycles. The molecule has 0 radical (unpaired) electrons. The van der Waals surface area contributed by atoms with Gasteiger partial charge in [0, 0.05) is 0 Å². The second-order valence-electron chi connectivity index (χ2n) is 5.04. The number of phenolic OH excluding ortho intramolecular Hbond substituents is 1. The first kappa shape index (κ1) is 16.9. The van der Waals surface area contributed by atoms with Crippen molar-refractivity contribution in [3.05, 3.63) is 35.2 Å². The molecule has 26 heavy (non-hydrogen) atoms. The third kappa shape index (κ3) is 3.15. The lowest BCUT2D eigenvalue weighted by molar-refractivity contribution is 0.0949. The van der Waals surface area contributed by atoms with Crippen molar-refractivity contribution in [3.63, 3.8) is 0 Å². The maximum absolute atomic E-state index is 12.2. The van der Waals surface area contributed by atoms with Crippen molar-refractivity contribution in [2.45, 2.75) is 6.92 Å². The molecule has 3 aromatic rings. The molecule has 0 saturated heterocycles. The highest BCUT2D eigenvalue weighted by Gasteiger charge is 2.20. The Morgan fingerprint density at radius 1 is 1.46 bits per heavy atom. The molecule has 3 rings (SSSR count). The Morgan fingerprint density at radius 2 is 2.27 bits per heavy atom. The van der Waals surface area contributed by atoms with Gasteiger partial charge in [-0.3, -0.25) is 4.79 Å². The van der Waals surface area contributed by atoms with Crippen molar-refractivity contribution < 1.29 is 19.3 Å². The van der Waals surface area contributed by atoms with Crippen molar-refractivity contribution in [3.8, 4) is 17.3 Å². The highest BCUT2D eigenvalue weighted by molar-refractivity contribution is 5.94. The van der Waals surface area contributed by atoms with E-state index in [-0.39, 0.29) is 28.8 Å². The van der Waals surface area contributed by atoms with Gasteiger partial charge >= 0.3 is 0 Å². The van der Waals surface area contributed by atoms with Crippen LogP contribution in [0.15, 0.2) is 27.9 Å². The Balaban J connectivity index is 1.73. The number of phenols is 1. The fraction of sp³-hybridized carbons (Fsp3) is 0.143. The van der Waals surface area contributed by atoms with Crippen molar-refractivity contribution in [2.24, 2.45) is 5.10 Å². The van der Waals surface area contributed by atoms with Gasteiger partial charge in [-0.25, -0.2) is 10.1 Å². The highest BCUT2D eigenvalue weighted by Crippen LogP contribution is 2.25. The number of nitrogens with two attached hydrogens (primary N) is 1. The van der Waals surface area contributed by atoms with Crippen LogP contribution in [-0.2, 0) is 0 Å². The van der Waals surface area contributed by atoms with Gasteiger partial charge in [0.25, 0.3) is 5.91 Å². The summed E-state index contributed by atoms with van der Waals surface area (Å²) in [4.78, 5) is 12.2. The lowest BCUT2D eigenvalue weighted by Crippen LogP contribution is -2.19. The van der Waals surface area contributed by atoms with Gasteiger partial charge in [0.1, 0.15) is 0 Å². The summed E-state index contributed by atoms with van der Waals surface area (Å²) in [5, 5.41) is 28.0.